The molecule has 0 aromatic heterocycles. The lowest BCUT2D eigenvalue weighted by molar-refractivity contribution is -0.169. The van der Waals surface area contributed by atoms with Gasteiger partial charge in [0.1, 0.15) is 6.10 Å². The Morgan fingerprint density at radius 3 is 2.88 bits per heavy atom. The van der Waals surface area contributed by atoms with Crippen LogP contribution in [0.3, 0.4) is 0 Å². The third kappa shape index (κ3) is 2.61. The maximum Gasteiger partial charge on any atom is 0.156 e. The first-order chi connectivity index (χ1) is 16.0. The second-order valence-electron chi connectivity index (χ2n) is 9.59. The summed E-state index contributed by atoms with van der Waals surface area (Å²) in [5, 5.41) is 22.5. The zero-order valence-corrected chi connectivity index (χ0v) is 18.2. The van der Waals surface area contributed by atoms with Gasteiger partial charge in [-0.1, -0.05) is 6.08 Å². The molecule has 2 aliphatic carbocycles. The summed E-state index contributed by atoms with van der Waals surface area (Å²) in [5.74, 6) is 0.138. The van der Waals surface area contributed by atoms with Crippen molar-refractivity contribution in [1.29, 1.82) is 0 Å². The number of carbonyl (C=O) groups is 1. The van der Waals surface area contributed by atoms with Crippen LogP contribution in [0.1, 0.15) is 49.3 Å². The first kappa shape index (κ1) is 19.5. The highest BCUT2D eigenvalue weighted by atomic mass is 16.5. The number of nitrogens with zero attached hydrogens (tertiary/aromatic N) is 3. The maximum absolute atomic E-state index is 12.2. The topological polar surface area (TPSA) is 104 Å². The number of benzene rings is 1. The number of aliphatic hydroxyl groups is 2. The SMILES string of the molecule is C[C@H]1OC(C2CC=CC3=C2c2c4c(c5c(c2=N3)N=C2CCC(=O)C=C25)=CN=C4)C[C@H](O)[C@@H]1O. The number of ether oxygens (including phenoxy) is 1. The smallest absolute Gasteiger partial charge is 0.156 e. The van der Waals surface area contributed by atoms with Crippen molar-refractivity contribution in [3.05, 3.63) is 51.2 Å². The second kappa shape index (κ2) is 6.76. The Labute approximate surface area is 189 Å². The Bertz CT molecular complexity index is 1420. The molecule has 33 heavy (non-hydrogen) atoms. The molecule has 1 fully saturated rings. The van der Waals surface area contributed by atoms with E-state index in [1.54, 1.807) is 13.0 Å². The van der Waals surface area contributed by atoms with Gasteiger partial charge in [-0.3, -0.25) is 9.79 Å². The molecule has 6 aliphatic rings. The summed E-state index contributed by atoms with van der Waals surface area (Å²) in [6.45, 7) is 1.81. The fraction of sp³-hybridized carbons (Fsp3) is 0.385. The molecular weight excluding hydrogens is 418 g/mol. The van der Waals surface area contributed by atoms with Crippen LogP contribution in [0.25, 0.3) is 17.3 Å². The van der Waals surface area contributed by atoms with Crippen LogP contribution in [-0.2, 0) is 9.53 Å². The van der Waals surface area contributed by atoms with Crippen molar-refractivity contribution in [3.63, 3.8) is 0 Å². The van der Waals surface area contributed by atoms with Gasteiger partial charge < -0.3 is 14.9 Å². The monoisotopic (exact) mass is 441 g/mol. The maximum atomic E-state index is 12.2. The molecule has 1 saturated heterocycles. The van der Waals surface area contributed by atoms with Crippen molar-refractivity contribution in [2.24, 2.45) is 20.9 Å². The lowest BCUT2D eigenvalue weighted by atomic mass is 9.77. The van der Waals surface area contributed by atoms with Crippen molar-refractivity contribution in [2.45, 2.75) is 57.0 Å². The summed E-state index contributed by atoms with van der Waals surface area (Å²) in [4.78, 5) is 26.6. The van der Waals surface area contributed by atoms with Gasteiger partial charge in [-0.25, -0.2) is 9.98 Å². The second-order valence-corrected chi connectivity index (χ2v) is 9.59. The molecule has 0 saturated carbocycles. The Balaban J connectivity index is 1.42. The van der Waals surface area contributed by atoms with Crippen LogP contribution >= 0.6 is 0 Å². The van der Waals surface area contributed by atoms with Crippen molar-refractivity contribution in [2.75, 3.05) is 0 Å². The molecule has 0 bridgehead atoms. The standard InChI is InChI=1S/C26H23N3O4/c1-11-26(32)19(31)8-20(33-11)13-3-2-4-18-22(13)23-16-10-27-9-15(16)21-14-7-12(30)5-6-17(14)28-24(21)25(23)29-18/h2,4,7,9-11,13,19-20,26,31-32H,3,5-6,8H2,1H3/t11-,13?,19+,20?,26-/m1/s1. The largest absolute Gasteiger partial charge is 0.390 e. The fourth-order valence-electron chi connectivity index (χ4n) is 6.09. The fourth-order valence-corrected chi connectivity index (χ4v) is 6.09. The van der Waals surface area contributed by atoms with Gasteiger partial charge in [-0.05, 0) is 37.5 Å². The zero-order chi connectivity index (χ0) is 22.4. The van der Waals surface area contributed by atoms with Gasteiger partial charge in [0.05, 0.1) is 35.1 Å². The minimum atomic E-state index is -0.876. The summed E-state index contributed by atoms with van der Waals surface area (Å²) < 4.78 is 6.20. The zero-order valence-electron chi connectivity index (χ0n) is 18.2. The number of hydrogen-bond donors (Lipinski definition) is 2. The van der Waals surface area contributed by atoms with E-state index < -0.39 is 18.3 Å². The molecule has 7 rings (SSSR count). The molecule has 0 spiro atoms. The average Bonchev–Trinajstić information content (AvgIpc) is 3.50. The number of fused-ring (bicyclic) bond motifs is 9. The van der Waals surface area contributed by atoms with E-state index in [0.29, 0.717) is 19.3 Å². The molecule has 5 atom stereocenters. The molecule has 4 heterocycles. The third-order valence-corrected chi connectivity index (χ3v) is 7.68. The van der Waals surface area contributed by atoms with Gasteiger partial charge in [0.25, 0.3) is 0 Å². The molecule has 0 radical (unpaired) electrons. The van der Waals surface area contributed by atoms with Gasteiger partial charge in [-0.2, -0.15) is 0 Å². The number of rotatable bonds is 1. The quantitative estimate of drug-likeness (QED) is 0.689. The van der Waals surface area contributed by atoms with E-state index >= 15 is 0 Å². The third-order valence-electron chi connectivity index (χ3n) is 7.68. The lowest BCUT2D eigenvalue weighted by Gasteiger charge is -2.40. The van der Waals surface area contributed by atoms with Crippen molar-refractivity contribution in [1.82, 2.24) is 0 Å². The summed E-state index contributed by atoms with van der Waals surface area (Å²) in [7, 11) is 0. The normalized spacial score (nSPS) is 32.9. The van der Waals surface area contributed by atoms with E-state index in [-0.39, 0.29) is 17.8 Å². The highest BCUT2D eigenvalue weighted by molar-refractivity contribution is 6.34. The van der Waals surface area contributed by atoms with Crippen molar-refractivity contribution < 1.29 is 19.7 Å². The minimum absolute atomic E-state index is 0.00729. The molecule has 7 heteroatoms. The van der Waals surface area contributed by atoms with Crippen LogP contribution in [0, 0.1) is 5.92 Å². The van der Waals surface area contributed by atoms with E-state index in [1.165, 1.54) is 0 Å². The van der Waals surface area contributed by atoms with Crippen LogP contribution in [0.4, 0.5) is 5.69 Å². The molecule has 2 N–H and O–H groups in total. The molecule has 7 nitrogen and oxygen atoms in total. The summed E-state index contributed by atoms with van der Waals surface area (Å²) >= 11 is 0. The van der Waals surface area contributed by atoms with Crippen LogP contribution in [0.2, 0.25) is 0 Å². The van der Waals surface area contributed by atoms with Crippen LogP contribution in [0.5, 0.6) is 0 Å². The van der Waals surface area contributed by atoms with E-state index in [1.807, 2.05) is 12.4 Å². The summed E-state index contributed by atoms with van der Waals surface area (Å²) in [5.41, 5.74) is 7.72. The Morgan fingerprint density at radius 2 is 2.03 bits per heavy atom. The molecular formula is C26H23N3O4. The van der Waals surface area contributed by atoms with E-state index in [9.17, 15) is 15.0 Å². The van der Waals surface area contributed by atoms with Gasteiger partial charge >= 0.3 is 0 Å². The minimum Gasteiger partial charge on any atom is -0.390 e. The molecule has 0 amide bonds. The number of allylic oxidation sites excluding steroid dienone is 4. The predicted molar refractivity (Wildman–Crippen MR) is 124 cm³/mol. The molecule has 1 aromatic carbocycles. The van der Waals surface area contributed by atoms with Crippen LogP contribution in [-0.4, -0.2) is 52.3 Å². The van der Waals surface area contributed by atoms with Crippen LogP contribution < -0.4 is 10.6 Å². The summed E-state index contributed by atoms with van der Waals surface area (Å²) in [6.07, 6.45) is 9.55. The highest BCUT2D eigenvalue weighted by Gasteiger charge is 2.43. The van der Waals surface area contributed by atoms with Gasteiger partial charge in [0.15, 0.2) is 5.78 Å². The van der Waals surface area contributed by atoms with E-state index in [4.69, 9.17) is 14.7 Å². The van der Waals surface area contributed by atoms with Gasteiger partial charge in [-0.15, -0.1) is 0 Å². The number of carbonyl (C=O) groups excluding carboxylic acids is 1. The number of aliphatic hydroxyl groups excluding tert-OH is 2. The van der Waals surface area contributed by atoms with Crippen LogP contribution in [0.15, 0.2) is 38.9 Å². The highest BCUT2D eigenvalue weighted by Crippen LogP contribution is 2.45. The average molecular weight is 441 g/mol. The molecule has 166 valence electrons. The summed E-state index contributed by atoms with van der Waals surface area (Å²) in [6, 6.07) is 0. The first-order valence-electron chi connectivity index (χ1n) is 11.6. The van der Waals surface area contributed by atoms with E-state index in [0.717, 1.165) is 61.9 Å². The molecule has 1 aromatic rings. The number of aliphatic imine (C=N–C) groups is 2. The van der Waals surface area contributed by atoms with Gasteiger partial charge in [0.2, 0.25) is 0 Å². The van der Waals surface area contributed by atoms with Crippen molar-refractivity contribution >= 4 is 40.7 Å². The lowest BCUT2D eigenvalue weighted by Crippen LogP contribution is -2.49. The molecule has 2 unspecified atom stereocenters. The Kier molecular flexibility index (Phi) is 3.99. The molecule has 4 aliphatic heterocycles. The first-order valence-corrected chi connectivity index (χ1v) is 11.6. The van der Waals surface area contributed by atoms with E-state index in [2.05, 4.69) is 17.1 Å². The van der Waals surface area contributed by atoms with Gasteiger partial charge in [0, 0.05) is 64.4 Å². The number of hydrogen-bond acceptors (Lipinski definition) is 7. The Morgan fingerprint density at radius 1 is 1.15 bits per heavy atom. The number of ketones is 1. The predicted octanol–water partition coefficient (Wildman–Crippen LogP) is 1.51. The van der Waals surface area contributed by atoms with Crippen molar-refractivity contribution in [3.8, 4) is 0 Å². The Hall–Kier alpha value is -3.00.